The van der Waals surface area contributed by atoms with Gasteiger partial charge in [0.2, 0.25) is 5.88 Å². The summed E-state index contributed by atoms with van der Waals surface area (Å²) in [6.07, 6.45) is 6.72. The summed E-state index contributed by atoms with van der Waals surface area (Å²) in [5, 5.41) is 0. The first-order valence-corrected chi connectivity index (χ1v) is 6.83. The highest BCUT2D eigenvalue weighted by Gasteiger charge is 2.21. The molecule has 0 bridgehead atoms. The minimum Gasteiger partial charge on any atom is -0.472 e. The lowest BCUT2D eigenvalue weighted by Crippen LogP contribution is -2.21. The highest BCUT2D eigenvalue weighted by atomic mass is 16.5. The van der Waals surface area contributed by atoms with Crippen molar-refractivity contribution in [1.82, 2.24) is 19.9 Å². The fourth-order valence-corrected chi connectivity index (χ4v) is 2.35. The van der Waals surface area contributed by atoms with Crippen molar-refractivity contribution in [3.63, 3.8) is 0 Å². The highest BCUT2D eigenvalue weighted by Crippen LogP contribution is 2.19. The summed E-state index contributed by atoms with van der Waals surface area (Å²) >= 11 is 0. The molecule has 6 nitrogen and oxygen atoms in total. The van der Waals surface area contributed by atoms with E-state index in [0.717, 1.165) is 25.8 Å². The van der Waals surface area contributed by atoms with E-state index in [9.17, 15) is 4.79 Å². The number of ether oxygens (including phenoxy) is 1. The lowest BCUT2D eigenvalue weighted by Gasteiger charge is -2.13. The molecule has 3 rings (SSSR count). The van der Waals surface area contributed by atoms with Gasteiger partial charge < -0.3 is 9.64 Å². The quantitative estimate of drug-likeness (QED) is 0.791. The van der Waals surface area contributed by atoms with Crippen molar-refractivity contribution >= 4 is 6.29 Å². The summed E-state index contributed by atoms with van der Waals surface area (Å²) in [5.74, 6) is 0.492. The first-order chi connectivity index (χ1) is 10.2. The van der Waals surface area contributed by atoms with E-state index in [-0.39, 0.29) is 6.10 Å². The van der Waals surface area contributed by atoms with Crippen molar-refractivity contribution in [1.29, 1.82) is 0 Å². The number of nitrogens with zero attached hydrogens (tertiary/aromatic N) is 4. The molecule has 1 aliphatic rings. The van der Waals surface area contributed by atoms with E-state index in [1.807, 2.05) is 0 Å². The van der Waals surface area contributed by atoms with Gasteiger partial charge in [-0.15, -0.1) is 0 Å². The molecule has 1 saturated heterocycles. The molecule has 21 heavy (non-hydrogen) atoms. The van der Waals surface area contributed by atoms with Gasteiger partial charge in [-0.2, -0.15) is 0 Å². The number of likely N-dealkylation sites (tertiary alicyclic amines) is 1. The monoisotopic (exact) mass is 284 g/mol. The van der Waals surface area contributed by atoms with E-state index in [1.54, 1.807) is 30.7 Å². The minimum absolute atomic E-state index is 0.147. The number of hydrogen-bond donors (Lipinski definition) is 0. The van der Waals surface area contributed by atoms with E-state index >= 15 is 0 Å². The highest BCUT2D eigenvalue weighted by molar-refractivity contribution is 5.76. The number of carbonyl (C=O) groups is 1. The predicted molar refractivity (Wildman–Crippen MR) is 77.2 cm³/mol. The standard InChI is InChI=1S/C15H16N4O2/c1-19-5-3-12(9-19)21-15-8-16-7-14(18-15)13-6-11(10-20)2-4-17-13/h2,4,6-8,10,12H,3,5,9H2,1H3/t12-/m0/s1. The topological polar surface area (TPSA) is 68.2 Å². The maximum Gasteiger partial charge on any atom is 0.233 e. The van der Waals surface area contributed by atoms with Crippen molar-refractivity contribution in [2.24, 2.45) is 0 Å². The zero-order chi connectivity index (χ0) is 14.7. The Morgan fingerprint density at radius 1 is 1.38 bits per heavy atom. The molecule has 0 N–H and O–H groups in total. The molecule has 6 heteroatoms. The molecule has 0 saturated carbocycles. The van der Waals surface area contributed by atoms with Gasteiger partial charge in [-0.25, -0.2) is 4.98 Å². The van der Waals surface area contributed by atoms with Gasteiger partial charge in [-0.1, -0.05) is 0 Å². The normalized spacial score (nSPS) is 18.6. The molecular formula is C15H16N4O2. The Morgan fingerprint density at radius 2 is 2.29 bits per heavy atom. The van der Waals surface area contributed by atoms with Crippen LogP contribution < -0.4 is 4.74 Å². The third-order valence-electron chi connectivity index (χ3n) is 3.43. The van der Waals surface area contributed by atoms with E-state index in [1.165, 1.54) is 0 Å². The van der Waals surface area contributed by atoms with Gasteiger partial charge in [0.15, 0.2) is 0 Å². The van der Waals surface area contributed by atoms with Gasteiger partial charge in [0.05, 0.1) is 18.1 Å². The number of rotatable bonds is 4. The molecule has 0 unspecified atom stereocenters. The smallest absolute Gasteiger partial charge is 0.233 e. The zero-order valence-electron chi connectivity index (χ0n) is 11.8. The summed E-state index contributed by atoms with van der Waals surface area (Å²) in [6, 6.07) is 3.34. The molecule has 3 heterocycles. The average Bonchev–Trinajstić information content (AvgIpc) is 2.93. The fourth-order valence-electron chi connectivity index (χ4n) is 2.35. The second-order valence-corrected chi connectivity index (χ2v) is 5.13. The van der Waals surface area contributed by atoms with Gasteiger partial charge in [0, 0.05) is 24.8 Å². The Morgan fingerprint density at radius 3 is 3.05 bits per heavy atom. The summed E-state index contributed by atoms with van der Waals surface area (Å²) < 4.78 is 5.85. The van der Waals surface area contributed by atoms with E-state index in [2.05, 4.69) is 26.9 Å². The van der Waals surface area contributed by atoms with Crippen LogP contribution in [0.2, 0.25) is 0 Å². The summed E-state index contributed by atoms with van der Waals surface area (Å²) in [7, 11) is 2.07. The van der Waals surface area contributed by atoms with Crippen molar-refractivity contribution in [2.75, 3.05) is 20.1 Å². The molecule has 0 aliphatic carbocycles. The Bertz CT molecular complexity index is 647. The van der Waals surface area contributed by atoms with Crippen molar-refractivity contribution in [2.45, 2.75) is 12.5 Å². The van der Waals surface area contributed by atoms with E-state index in [4.69, 9.17) is 4.74 Å². The Balaban J connectivity index is 1.80. The summed E-state index contributed by atoms with van der Waals surface area (Å²) in [6.45, 7) is 1.92. The minimum atomic E-state index is 0.147. The number of hydrogen-bond acceptors (Lipinski definition) is 6. The van der Waals surface area contributed by atoms with Gasteiger partial charge in [-0.05, 0) is 25.6 Å². The fraction of sp³-hybridized carbons (Fsp3) is 0.333. The molecule has 108 valence electrons. The summed E-state index contributed by atoms with van der Waals surface area (Å²) in [4.78, 5) is 25.8. The SMILES string of the molecule is CN1CC[C@H](Oc2cncc(-c3cc(C=O)ccn3)n2)C1. The molecule has 0 spiro atoms. The Hall–Kier alpha value is -2.34. The van der Waals surface area contributed by atoms with Crippen molar-refractivity contribution in [3.05, 3.63) is 36.3 Å². The molecule has 1 fully saturated rings. The molecule has 1 aliphatic heterocycles. The van der Waals surface area contributed by atoms with Crippen LogP contribution in [0.4, 0.5) is 0 Å². The average molecular weight is 284 g/mol. The van der Waals surface area contributed by atoms with Gasteiger partial charge >= 0.3 is 0 Å². The number of aldehydes is 1. The molecule has 2 aromatic heterocycles. The molecular weight excluding hydrogens is 268 g/mol. The maximum absolute atomic E-state index is 10.8. The summed E-state index contributed by atoms with van der Waals surface area (Å²) in [5.41, 5.74) is 1.77. The van der Waals surface area contributed by atoms with Crippen LogP contribution in [0.25, 0.3) is 11.4 Å². The lowest BCUT2D eigenvalue weighted by atomic mass is 10.2. The largest absolute Gasteiger partial charge is 0.472 e. The van der Waals surface area contributed by atoms with Crippen molar-refractivity contribution < 1.29 is 9.53 Å². The van der Waals surface area contributed by atoms with Crippen LogP contribution >= 0.6 is 0 Å². The Labute approximate surface area is 122 Å². The third-order valence-corrected chi connectivity index (χ3v) is 3.43. The lowest BCUT2D eigenvalue weighted by molar-refractivity contribution is 0.112. The second-order valence-electron chi connectivity index (χ2n) is 5.13. The molecule has 2 aromatic rings. The Kier molecular flexibility index (Phi) is 3.87. The first-order valence-electron chi connectivity index (χ1n) is 6.83. The van der Waals surface area contributed by atoms with Gasteiger partial charge in [0.25, 0.3) is 0 Å². The number of carbonyl (C=O) groups excluding carboxylic acids is 1. The van der Waals surface area contributed by atoms with Gasteiger partial charge in [0.1, 0.15) is 18.1 Å². The van der Waals surface area contributed by atoms with E-state index in [0.29, 0.717) is 22.8 Å². The predicted octanol–water partition coefficient (Wildman–Crippen LogP) is 1.43. The van der Waals surface area contributed by atoms with Crippen LogP contribution in [0.3, 0.4) is 0 Å². The third kappa shape index (κ3) is 3.22. The number of likely N-dealkylation sites (N-methyl/N-ethyl adjacent to an activating group) is 1. The second kappa shape index (κ2) is 5.97. The van der Waals surface area contributed by atoms with Crippen LogP contribution in [0.15, 0.2) is 30.7 Å². The maximum atomic E-state index is 10.8. The van der Waals surface area contributed by atoms with E-state index < -0.39 is 0 Å². The van der Waals surface area contributed by atoms with Crippen LogP contribution in [-0.2, 0) is 0 Å². The van der Waals surface area contributed by atoms with Crippen LogP contribution in [-0.4, -0.2) is 52.4 Å². The zero-order valence-corrected chi connectivity index (χ0v) is 11.8. The number of pyridine rings is 1. The molecule has 0 radical (unpaired) electrons. The number of aromatic nitrogens is 3. The van der Waals surface area contributed by atoms with Crippen LogP contribution in [0.1, 0.15) is 16.8 Å². The first kappa shape index (κ1) is 13.6. The van der Waals surface area contributed by atoms with Crippen LogP contribution in [0, 0.1) is 0 Å². The molecule has 0 aromatic carbocycles. The van der Waals surface area contributed by atoms with Crippen molar-refractivity contribution in [3.8, 4) is 17.3 Å². The van der Waals surface area contributed by atoms with Gasteiger partial charge in [-0.3, -0.25) is 14.8 Å². The molecule has 0 amide bonds. The molecule has 1 atom stereocenters. The van der Waals surface area contributed by atoms with Crippen LogP contribution in [0.5, 0.6) is 5.88 Å².